The molecular weight excluding hydrogens is 284 g/mol. The molecule has 0 aliphatic carbocycles. The quantitative estimate of drug-likeness (QED) is 0.559. The van der Waals surface area contributed by atoms with Crippen LogP contribution in [-0.2, 0) is 24.9 Å². The van der Waals surface area contributed by atoms with Crippen LogP contribution in [0.15, 0.2) is 6.33 Å². The standard InChI is InChI=1S/C9H12N8O4/c1-10-9(18)21-4-7-6(3-16-5-11-13-14-16)12-8(15(7)2)17(19)20/h5H,3-4H2,1-2H3,(H,10,18). The summed E-state index contributed by atoms with van der Waals surface area (Å²) < 4.78 is 7.53. The molecule has 0 saturated carbocycles. The lowest BCUT2D eigenvalue weighted by Gasteiger charge is -2.04. The van der Waals surface area contributed by atoms with Crippen molar-refractivity contribution in [3.8, 4) is 0 Å². The summed E-state index contributed by atoms with van der Waals surface area (Å²) in [6, 6.07) is 0. The Labute approximate surface area is 117 Å². The van der Waals surface area contributed by atoms with Crippen molar-refractivity contribution in [3.05, 3.63) is 27.8 Å². The van der Waals surface area contributed by atoms with Crippen molar-refractivity contribution in [2.75, 3.05) is 7.05 Å². The lowest BCUT2D eigenvalue weighted by molar-refractivity contribution is -0.396. The molecule has 1 N–H and O–H groups in total. The molecule has 12 nitrogen and oxygen atoms in total. The molecule has 0 radical (unpaired) electrons. The minimum atomic E-state index is -0.646. The number of nitrogens with zero attached hydrogens (tertiary/aromatic N) is 7. The third-order valence-corrected chi connectivity index (χ3v) is 2.68. The van der Waals surface area contributed by atoms with Crippen molar-refractivity contribution >= 4 is 12.0 Å². The number of nitrogens with one attached hydrogen (secondary N) is 1. The molecule has 0 aliphatic rings. The molecule has 12 heteroatoms. The van der Waals surface area contributed by atoms with Crippen molar-refractivity contribution < 1.29 is 14.5 Å². The first-order valence-electron chi connectivity index (χ1n) is 5.77. The zero-order chi connectivity index (χ0) is 15.4. The summed E-state index contributed by atoms with van der Waals surface area (Å²) in [6.45, 7) is -0.0322. The number of amides is 1. The molecule has 0 aliphatic heterocycles. The second-order valence-electron chi connectivity index (χ2n) is 3.95. The van der Waals surface area contributed by atoms with Crippen LogP contribution in [-0.4, -0.2) is 47.8 Å². The van der Waals surface area contributed by atoms with Crippen molar-refractivity contribution in [1.82, 2.24) is 35.1 Å². The molecule has 0 unspecified atom stereocenters. The van der Waals surface area contributed by atoms with E-state index >= 15 is 0 Å². The Morgan fingerprint density at radius 3 is 2.90 bits per heavy atom. The molecule has 2 aromatic rings. The number of rotatable bonds is 5. The van der Waals surface area contributed by atoms with Crippen LogP contribution in [0.5, 0.6) is 0 Å². The fourth-order valence-corrected chi connectivity index (χ4v) is 1.66. The molecule has 1 amide bonds. The molecule has 0 aromatic carbocycles. The highest BCUT2D eigenvalue weighted by atomic mass is 16.6. The van der Waals surface area contributed by atoms with Gasteiger partial charge >= 0.3 is 12.0 Å². The van der Waals surface area contributed by atoms with E-state index in [1.54, 1.807) is 0 Å². The summed E-state index contributed by atoms with van der Waals surface area (Å²) >= 11 is 0. The summed E-state index contributed by atoms with van der Waals surface area (Å²) in [6.07, 6.45) is 0.705. The number of nitro groups is 1. The van der Waals surface area contributed by atoms with E-state index < -0.39 is 11.0 Å². The van der Waals surface area contributed by atoms with Gasteiger partial charge in [-0.15, -0.1) is 5.10 Å². The second kappa shape index (κ2) is 5.94. The van der Waals surface area contributed by atoms with Gasteiger partial charge in [0.25, 0.3) is 0 Å². The zero-order valence-corrected chi connectivity index (χ0v) is 11.3. The van der Waals surface area contributed by atoms with E-state index in [1.165, 1.54) is 29.7 Å². The van der Waals surface area contributed by atoms with Crippen LogP contribution in [0.1, 0.15) is 11.4 Å². The van der Waals surface area contributed by atoms with E-state index in [0.29, 0.717) is 11.4 Å². The Morgan fingerprint density at radius 1 is 1.57 bits per heavy atom. The Bertz CT molecular complexity index is 649. The Kier molecular flexibility index (Phi) is 4.06. The average molecular weight is 296 g/mol. The molecule has 2 aromatic heterocycles. The number of carbonyl (C=O) groups excluding carboxylic acids is 1. The molecule has 0 atom stereocenters. The van der Waals surface area contributed by atoms with Gasteiger partial charge in [-0.3, -0.25) is 0 Å². The van der Waals surface area contributed by atoms with Crippen molar-refractivity contribution in [3.63, 3.8) is 0 Å². The predicted octanol–water partition coefficient (Wildman–Crippen LogP) is -0.781. The van der Waals surface area contributed by atoms with Gasteiger partial charge in [-0.1, -0.05) is 4.98 Å². The van der Waals surface area contributed by atoms with Gasteiger partial charge in [-0.25, -0.2) is 14.0 Å². The van der Waals surface area contributed by atoms with Crippen LogP contribution >= 0.6 is 0 Å². The number of tetrazole rings is 1. The third-order valence-electron chi connectivity index (χ3n) is 2.68. The zero-order valence-electron chi connectivity index (χ0n) is 11.3. The number of aromatic nitrogens is 6. The lowest BCUT2D eigenvalue weighted by Crippen LogP contribution is -2.20. The first-order valence-corrected chi connectivity index (χ1v) is 5.77. The van der Waals surface area contributed by atoms with Crippen LogP contribution in [0, 0.1) is 10.1 Å². The fourth-order valence-electron chi connectivity index (χ4n) is 1.66. The van der Waals surface area contributed by atoms with E-state index in [2.05, 4.69) is 25.8 Å². The van der Waals surface area contributed by atoms with Gasteiger partial charge in [0.1, 0.15) is 12.9 Å². The van der Waals surface area contributed by atoms with Crippen molar-refractivity contribution in [1.29, 1.82) is 0 Å². The molecule has 0 bridgehead atoms. The minimum Gasteiger partial charge on any atom is -0.441 e. The van der Waals surface area contributed by atoms with Gasteiger partial charge < -0.3 is 20.2 Å². The molecule has 0 fully saturated rings. The highest BCUT2D eigenvalue weighted by molar-refractivity contribution is 5.66. The Hall–Kier alpha value is -3.05. The number of hydrogen-bond acceptors (Lipinski definition) is 8. The summed E-state index contributed by atoms with van der Waals surface area (Å²) in [4.78, 5) is 25.4. The lowest BCUT2D eigenvalue weighted by atomic mass is 10.3. The van der Waals surface area contributed by atoms with Gasteiger partial charge in [0.15, 0.2) is 18.0 Å². The van der Waals surface area contributed by atoms with Crippen LogP contribution in [0.4, 0.5) is 10.7 Å². The fraction of sp³-hybridized carbons (Fsp3) is 0.444. The number of carbonyl (C=O) groups is 1. The summed E-state index contributed by atoms with van der Waals surface area (Å²) in [5.41, 5.74) is 0.737. The Morgan fingerprint density at radius 2 is 2.33 bits per heavy atom. The van der Waals surface area contributed by atoms with Gasteiger partial charge in [0.05, 0.1) is 7.05 Å². The van der Waals surface area contributed by atoms with E-state index in [-0.39, 0.29) is 19.1 Å². The van der Waals surface area contributed by atoms with E-state index in [1.807, 2.05) is 0 Å². The second-order valence-corrected chi connectivity index (χ2v) is 3.95. The molecule has 112 valence electrons. The largest absolute Gasteiger partial charge is 0.441 e. The van der Waals surface area contributed by atoms with Crippen LogP contribution in [0.25, 0.3) is 0 Å². The summed E-state index contributed by atoms with van der Waals surface area (Å²) in [7, 11) is 2.88. The SMILES string of the molecule is CNC(=O)OCc1c(Cn2cnnn2)nc([N+](=O)[O-])n1C. The van der Waals surface area contributed by atoms with Crippen LogP contribution < -0.4 is 5.32 Å². The smallest absolute Gasteiger partial charge is 0.435 e. The van der Waals surface area contributed by atoms with Crippen LogP contribution in [0.3, 0.4) is 0 Å². The van der Waals surface area contributed by atoms with Gasteiger partial charge in [-0.2, -0.15) is 0 Å². The average Bonchev–Trinajstić information content (AvgIpc) is 3.05. The molecular formula is C9H12N8O4. The monoisotopic (exact) mass is 296 g/mol. The molecule has 2 rings (SSSR count). The topological polar surface area (TPSA) is 143 Å². The summed E-state index contributed by atoms with van der Waals surface area (Å²) in [5, 5.41) is 23.8. The van der Waals surface area contributed by atoms with E-state index in [9.17, 15) is 14.9 Å². The molecule has 0 saturated heterocycles. The van der Waals surface area contributed by atoms with E-state index in [0.717, 1.165) is 0 Å². The van der Waals surface area contributed by atoms with Crippen molar-refractivity contribution in [2.24, 2.45) is 7.05 Å². The number of ether oxygens (including phenoxy) is 1. The van der Waals surface area contributed by atoms with E-state index in [4.69, 9.17) is 4.74 Å². The van der Waals surface area contributed by atoms with Crippen LogP contribution in [0.2, 0.25) is 0 Å². The van der Waals surface area contributed by atoms with Crippen molar-refractivity contribution in [2.45, 2.75) is 13.2 Å². The number of hydrogen-bond donors (Lipinski definition) is 1. The maximum atomic E-state index is 11.1. The predicted molar refractivity (Wildman–Crippen MR) is 66.0 cm³/mol. The Balaban J connectivity index is 2.30. The minimum absolute atomic E-state index is 0.126. The first-order chi connectivity index (χ1) is 10.0. The maximum absolute atomic E-state index is 11.1. The summed E-state index contributed by atoms with van der Waals surface area (Å²) in [5.74, 6) is -0.353. The molecule has 0 spiro atoms. The maximum Gasteiger partial charge on any atom is 0.435 e. The van der Waals surface area contributed by atoms with Gasteiger partial charge in [0, 0.05) is 7.05 Å². The molecule has 21 heavy (non-hydrogen) atoms. The number of alkyl carbamates (subject to hydrolysis) is 1. The number of imidazole rings is 1. The van der Waals surface area contributed by atoms with Gasteiger partial charge in [-0.05, 0) is 15.4 Å². The van der Waals surface area contributed by atoms with Gasteiger partial charge in [0.2, 0.25) is 0 Å². The molecule has 2 heterocycles. The first kappa shape index (κ1) is 14.4. The third kappa shape index (κ3) is 3.10. The normalized spacial score (nSPS) is 10.4. The highest BCUT2D eigenvalue weighted by Crippen LogP contribution is 2.18. The highest BCUT2D eigenvalue weighted by Gasteiger charge is 2.26.